The fourth-order valence-electron chi connectivity index (χ4n) is 6.67. The Morgan fingerprint density at radius 2 is 1.53 bits per heavy atom. The lowest BCUT2D eigenvalue weighted by atomic mass is 9.94. The number of aryl methyl sites for hydroxylation is 6. The number of fused-ring (bicyclic) bond motifs is 2. The van der Waals surface area contributed by atoms with E-state index in [-0.39, 0.29) is 17.9 Å². The largest absolute Gasteiger partial charge is 0.461 e. The molecule has 178 valence electrons. The Kier molecular flexibility index (Phi) is 5.87. The number of benzene rings is 2. The number of esters is 1. The van der Waals surface area contributed by atoms with Crippen molar-refractivity contribution in [1.82, 2.24) is 0 Å². The molecule has 0 amide bonds. The second-order valence-corrected chi connectivity index (χ2v) is 10.8. The molecule has 5 rings (SSSR count). The molecule has 1 unspecified atom stereocenters. The van der Waals surface area contributed by atoms with Crippen LogP contribution >= 0.6 is 0 Å². The van der Waals surface area contributed by atoms with E-state index in [0.29, 0.717) is 18.4 Å². The van der Waals surface area contributed by atoms with E-state index in [1.165, 1.54) is 44.8 Å². The van der Waals surface area contributed by atoms with Gasteiger partial charge in [0.05, 0.1) is 5.92 Å². The molecule has 0 N–H and O–H groups in total. The Morgan fingerprint density at radius 3 is 2.09 bits per heavy atom. The van der Waals surface area contributed by atoms with Gasteiger partial charge in [-0.1, -0.05) is 47.5 Å². The van der Waals surface area contributed by atoms with Crippen molar-refractivity contribution in [3.05, 3.63) is 69.8 Å². The van der Waals surface area contributed by atoms with Gasteiger partial charge in [0.15, 0.2) is 6.04 Å². The van der Waals surface area contributed by atoms with Crippen LogP contribution in [0.3, 0.4) is 0 Å². The SMILES string of the molecule is Cc1cc(C)c(N2C=[N+](c3c(C)cc(C)cc3C)CC2COC(=O)[C@H]2C[C@H]3C=C[C@@H]2C3)c(C)c1. The maximum Gasteiger partial charge on any atom is 0.309 e. The van der Waals surface area contributed by atoms with Crippen molar-refractivity contribution in [2.75, 3.05) is 18.1 Å². The van der Waals surface area contributed by atoms with Crippen molar-refractivity contribution in [3.8, 4) is 0 Å². The summed E-state index contributed by atoms with van der Waals surface area (Å²) in [6.45, 7) is 14.2. The number of carbonyl (C=O) groups is 1. The topological polar surface area (TPSA) is 32.5 Å². The van der Waals surface area contributed by atoms with Crippen LogP contribution < -0.4 is 4.90 Å². The van der Waals surface area contributed by atoms with Crippen LogP contribution in [0.5, 0.6) is 0 Å². The third kappa shape index (κ3) is 4.08. The predicted octanol–water partition coefficient (Wildman–Crippen LogP) is 5.85. The monoisotopic (exact) mass is 457 g/mol. The van der Waals surface area contributed by atoms with Gasteiger partial charge in [-0.3, -0.25) is 4.79 Å². The van der Waals surface area contributed by atoms with Gasteiger partial charge >= 0.3 is 5.97 Å². The molecule has 0 spiro atoms. The lowest BCUT2D eigenvalue weighted by Gasteiger charge is -2.22. The smallest absolute Gasteiger partial charge is 0.309 e. The Hall–Kier alpha value is -2.88. The molecule has 0 aromatic heterocycles. The first kappa shape index (κ1) is 22.9. The van der Waals surface area contributed by atoms with Gasteiger partial charge in [-0.2, -0.15) is 0 Å². The standard InChI is InChI=1S/C30H37N2O2/c1-18-9-20(3)28(21(4)10-18)31-15-26(16-34-30(33)27-14-24-7-8-25(27)13-24)32(17-31)29-22(5)11-19(2)12-23(29)6/h7-12,17,24-27H,13-16H2,1-6H3/q+1/t24-,25+,26?,27-/m0/s1. The highest BCUT2D eigenvalue weighted by Crippen LogP contribution is 2.44. The van der Waals surface area contributed by atoms with Crippen molar-refractivity contribution >= 4 is 23.7 Å². The van der Waals surface area contributed by atoms with Gasteiger partial charge in [0.1, 0.15) is 24.5 Å². The molecule has 1 heterocycles. The molecule has 4 heteroatoms. The molecule has 34 heavy (non-hydrogen) atoms. The summed E-state index contributed by atoms with van der Waals surface area (Å²) in [7, 11) is 0. The Morgan fingerprint density at radius 1 is 0.912 bits per heavy atom. The lowest BCUT2D eigenvalue weighted by Crippen LogP contribution is -2.38. The summed E-state index contributed by atoms with van der Waals surface area (Å²) in [6.07, 6.45) is 8.79. The summed E-state index contributed by atoms with van der Waals surface area (Å²) >= 11 is 0. The fraction of sp³-hybridized carbons (Fsp3) is 0.467. The molecular weight excluding hydrogens is 420 g/mol. The van der Waals surface area contributed by atoms with Crippen LogP contribution in [-0.4, -0.2) is 36.1 Å². The summed E-state index contributed by atoms with van der Waals surface area (Å²) in [4.78, 5) is 15.4. The minimum absolute atomic E-state index is 0.0182. The quantitative estimate of drug-likeness (QED) is 0.321. The average molecular weight is 458 g/mol. The molecule has 4 nitrogen and oxygen atoms in total. The number of allylic oxidation sites excluding steroid dienone is 2. The summed E-state index contributed by atoms with van der Waals surface area (Å²) < 4.78 is 8.37. The van der Waals surface area contributed by atoms with E-state index < -0.39 is 0 Å². The second kappa shape index (κ2) is 8.72. The first-order valence-corrected chi connectivity index (χ1v) is 12.6. The molecule has 2 bridgehead atoms. The van der Waals surface area contributed by atoms with E-state index in [4.69, 9.17) is 4.74 Å². The number of carbonyl (C=O) groups excluding carboxylic acids is 1. The molecule has 4 atom stereocenters. The van der Waals surface area contributed by atoms with Crippen LogP contribution in [0.4, 0.5) is 11.4 Å². The highest BCUT2D eigenvalue weighted by atomic mass is 16.5. The summed E-state index contributed by atoms with van der Waals surface area (Å²) in [5.74, 6) is 0.962. The zero-order valence-electron chi connectivity index (χ0n) is 21.4. The second-order valence-electron chi connectivity index (χ2n) is 10.8. The van der Waals surface area contributed by atoms with Crippen molar-refractivity contribution in [2.24, 2.45) is 17.8 Å². The molecule has 0 radical (unpaired) electrons. The number of hydrogen-bond acceptors (Lipinski definition) is 3. The van der Waals surface area contributed by atoms with Gasteiger partial charge in [-0.05, 0) is 88.5 Å². The number of hydrogen-bond donors (Lipinski definition) is 0. The molecule has 2 aromatic rings. The highest BCUT2D eigenvalue weighted by molar-refractivity contribution is 5.83. The first-order chi connectivity index (χ1) is 16.2. The van der Waals surface area contributed by atoms with E-state index in [2.05, 4.69) is 93.8 Å². The van der Waals surface area contributed by atoms with Crippen LogP contribution in [0.2, 0.25) is 0 Å². The molecule has 3 aliphatic rings. The van der Waals surface area contributed by atoms with Gasteiger partial charge in [-0.25, -0.2) is 9.48 Å². The van der Waals surface area contributed by atoms with Crippen molar-refractivity contribution < 1.29 is 14.1 Å². The molecule has 1 aliphatic heterocycles. The van der Waals surface area contributed by atoms with Crippen LogP contribution in [-0.2, 0) is 9.53 Å². The van der Waals surface area contributed by atoms with E-state index in [1.807, 2.05) is 0 Å². The maximum absolute atomic E-state index is 13.0. The van der Waals surface area contributed by atoms with Gasteiger partial charge in [-0.15, -0.1) is 0 Å². The third-order valence-corrected chi connectivity index (χ3v) is 7.88. The van der Waals surface area contributed by atoms with Crippen LogP contribution in [0.1, 0.15) is 46.2 Å². The fourth-order valence-corrected chi connectivity index (χ4v) is 6.67. The van der Waals surface area contributed by atoms with Gasteiger partial charge in [0.25, 0.3) is 0 Å². The highest BCUT2D eigenvalue weighted by Gasteiger charge is 2.42. The molecule has 0 saturated heterocycles. The van der Waals surface area contributed by atoms with Crippen LogP contribution in [0.25, 0.3) is 0 Å². The van der Waals surface area contributed by atoms with Crippen LogP contribution in [0.15, 0.2) is 36.4 Å². The van der Waals surface area contributed by atoms with E-state index in [1.54, 1.807) is 0 Å². The molecular formula is C30H37N2O2+. The first-order valence-electron chi connectivity index (χ1n) is 12.6. The molecule has 2 aliphatic carbocycles. The summed E-state index contributed by atoms with van der Waals surface area (Å²) in [5, 5.41) is 0. The lowest BCUT2D eigenvalue weighted by molar-refractivity contribution is -0.430. The predicted molar refractivity (Wildman–Crippen MR) is 138 cm³/mol. The Labute approximate surface area is 203 Å². The minimum atomic E-state index is -0.0182. The molecule has 1 saturated carbocycles. The summed E-state index contributed by atoms with van der Waals surface area (Å²) in [5.41, 5.74) is 10.1. The van der Waals surface area contributed by atoms with Crippen molar-refractivity contribution in [1.29, 1.82) is 0 Å². The van der Waals surface area contributed by atoms with Crippen LogP contribution in [0, 0.1) is 59.3 Å². The number of rotatable bonds is 5. The van der Waals surface area contributed by atoms with Crippen molar-refractivity contribution in [2.45, 2.75) is 60.4 Å². The maximum atomic E-state index is 13.0. The Bertz CT molecular complexity index is 1160. The average Bonchev–Trinajstić information content (AvgIpc) is 3.47. The van der Waals surface area contributed by atoms with E-state index >= 15 is 0 Å². The van der Waals surface area contributed by atoms with Gasteiger partial charge < -0.3 is 4.74 Å². The van der Waals surface area contributed by atoms with Gasteiger partial charge in [0.2, 0.25) is 6.34 Å². The minimum Gasteiger partial charge on any atom is -0.461 e. The Balaban J connectivity index is 1.44. The number of nitrogens with zero attached hydrogens (tertiary/aromatic N) is 2. The molecule has 2 aromatic carbocycles. The summed E-state index contributed by atoms with van der Waals surface area (Å²) in [6, 6.07) is 9.05. The van der Waals surface area contributed by atoms with E-state index in [9.17, 15) is 4.79 Å². The van der Waals surface area contributed by atoms with E-state index in [0.717, 1.165) is 19.4 Å². The number of anilines is 1. The number of ether oxygens (including phenoxy) is 1. The normalized spacial score (nSPS) is 25.2. The third-order valence-electron chi connectivity index (χ3n) is 7.88. The zero-order valence-corrected chi connectivity index (χ0v) is 21.4. The van der Waals surface area contributed by atoms with Gasteiger partial charge in [0, 0.05) is 0 Å². The zero-order chi connectivity index (χ0) is 24.1. The molecule has 1 fully saturated rings. The van der Waals surface area contributed by atoms with Crippen molar-refractivity contribution in [3.63, 3.8) is 0 Å².